The Kier molecular flexibility index (Phi) is 6.01. The number of esters is 1. The summed E-state index contributed by atoms with van der Waals surface area (Å²) in [6.07, 6.45) is 1.11. The Labute approximate surface area is 137 Å². The van der Waals surface area contributed by atoms with Crippen molar-refractivity contribution in [1.29, 1.82) is 0 Å². The first-order valence-corrected chi connectivity index (χ1v) is 8.36. The van der Waals surface area contributed by atoms with Gasteiger partial charge in [0.1, 0.15) is 11.4 Å². The van der Waals surface area contributed by atoms with Crippen LogP contribution >= 0.6 is 0 Å². The highest BCUT2D eigenvalue weighted by atomic mass is 16.5. The van der Waals surface area contributed by atoms with Crippen LogP contribution in [0.25, 0.3) is 0 Å². The van der Waals surface area contributed by atoms with E-state index in [4.69, 9.17) is 15.2 Å². The van der Waals surface area contributed by atoms with Crippen LogP contribution in [0.4, 0.5) is 5.82 Å². The van der Waals surface area contributed by atoms with Gasteiger partial charge in [-0.15, -0.1) is 0 Å². The normalized spacial score (nSPS) is 22.3. The predicted molar refractivity (Wildman–Crippen MR) is 88.4 cm³/mol. The fraction of sp³-hybridized carbons (Fsp3) is 0.750. The summed E-state index contributed by atoms with van der Waals surface area (Å²) < 4.78 is 12.5. The number of ether oxygens (including phenoxy) is 2. The van der Waals surface area contributed by atoms with Gasteiger partial charge in [0.2, 0.25) is 0 Å². The largest absolute Gasteiger partial charge is 0.462 e. The van der Waals surface area contributed by atoms with Gasteiger partial charge in [0.25, 0.3) is 0 Å². The molecular formula is C16H28N4O3. The first kappa shape index (κ1) is 17.7. The second kappa shape index (κ2) is 7.79. The van der Waals surface area contributed by atoms with Crippen LogP contribution in [0.15, 0.2) is 0 Å². The Morgan fingerprint density at radius 1 is 1.30 bits per heavy atom. The zero-order valence-corrected chi connectivity index (χ0v) is 14.5. The molecule has 0 bridgehead atoms. The third kappa shape index (κ3) is 4.23. The molecule has 2 atom stereocenters. The zero-order chi connectivity index (χ0) is 17.0. The molecule has 0 unspecified atom stereocenters. The molecule has 0 amide bonds. The molecule has 7 heteroatoms. The number of nitrogens with two attached hydrogens (primary N) is 1. The molecule has 2 rings (SSSR count). The average Bonchev–Trinajstić information content (AvgIpc) is 2.80. The molecule has 1 fully saturated rings. The standard InChI is InChI=1S/C16H28N4O3/c1-5-13-14(16(21)22-6-2)15(17)20(18-13)8-7-19-9-11(3)23-12(4)10-19/h11-12H,5-10,17H2,1-4H3/t11-,12+. The maximum absolute atomic E-state index is 12.1. The van der Waals surface area contributed by atoms with E-state index in [9.17, 15) is 4.79 Å². The van der Waals surface area contributed by atoms with Crippen molar-refractivity contribution in [2.45, 2.75) is 52.9 Å². The van der Waals surface area contributed by atoms with E-state index in [1.54, 1.807) is 11.6 Å². The van der Waals surface area contributed by atoms with Crippen molar-refractivity contribution in [3.63, 3.8) is 0 Å². The monoisotopic (exact) mass is 324 g/mol. The van der Waals surface area contributed by atoms with Gasteiger partial charge in [-0.3, -0.25) is 4.90 Å². The number of nitrogens with zero attached hydrogens (tertiary/aromatic N) is 3. The molecule has 0 radical (unpaired) electrons. The van der Waals surface area contributed by atoms with Crippen LogP contribution in [0.5, 0.6) is 0 Å². The highest BCUT2D eigenvalue weighted by Crippen LogP contribution is 2.19. The number of anilines is 1. The SMILES string of the molecule is CCOC(=O)c1c(CC)nn(CCN2C[C@@H](C)O[C@@H](C)C2)c1N. The molecule has 130 valence electrons. The van der Waals surface area contributed by atoms with E-state index in [1.165, 1.54) is 0 Å². The molecule has 7 nitrogen and oxygen atoms in total. The van der Waals surface area contributed by atoms with Gasteiger partial charge in [-0.1, -0.05) is 6.92 Å². The lowest BCUT2D eigenvalue weighted by Crippen LogP contribution is -2.46. The van der Waals surface area contributed by atoms with E-state index in [0.717, 1.165) is 19.6 Å². The van der Waals surface area contributed by atoms with Crippen LogP contribution in [0, 0.1) is 0 Å². The number of hydrogen-bond acceptors (Lipinski definition) is 6. The number of carbonyl (C=O) groups is 1. The molecule has 1 aromatic heterocycles. The minimum atomic E-state index is -0.387. The molecule has 1 saturated heterocycles. The summed E-state index contributed by atoms with van der Waals surface area (Å²) >= 11 is 0. The molecule has 1 aromatic rings. The van der Waals surface area contributed by atoms with E-state index < -0.39 is 0 Å². The maximum atomic E-state index is 12.1. The number of aryl methyl sites for hydroxylation is 1. The van der Waals surface area contributed by atoms with Crippen molar-refractivity contribution >= 4 is 11.8 Å². The molecule has 1 aliphatic rings. The maximum Gasteiger partial charge on any atom is 0.343 e. The summed E-state index contributed by atoms with van der Waals surface area (Å²) in [5.41, 5.74) is 7.25. The number of rotatable bonds is 6. The van der Waals surface area contributed by atoms with Gasteiger partial charge in [0.15, 0.2) is 0 Å². The predicted octanol–water partition coefficient (Wildman–Crippen LogP) is 1.31. The Bertz CT molecular complexity index is 534. The van der Waals surface area contributed by atoms with Crippen molar-refractivity contribution < 1.29 is 14.3 Å². The fourth-order valence-electron chi connectivity index (χ4n) is 3.07. The Hall–Kier alpha value is -1.60. The zero-order valence-electron chi connectivity index (χ0n) is 14.5. The molecule has 0 spiro atoms. The van der Waals surface area contributed by atoms with Crippen LogP contribution in [-0.2, 0) is 22.4 Å². The highest BCUT2D eigenvalue weighted by molar-refractivity contribution is 5.95. The lowest BCUT2D eigenvalue weighted by Gasteiger charge is -2.35. The van der Waals surface area contributed by atoms with Crippen LogP contribution < -0.4 is 5.73 Å². The number of morpholine rings is 1. The molecule has 0 saturated carbocycles. The minimum Gasteiger partial charge on any atom is -0.462 e. The van der Waals surface area contributed by atoms with E-state index in [1.807, 2.05) is 6.92 Å². The molecule has 1 aliphatic heterocycles. The van der Waals surface area contributed by atoms with Gasteiger partial charge in [0, 0.05) is 19.6 Å². The summed E-state index contributed by atoms with van der Waals surface area (Å²) in [5.74, 6) is 0.0105. The van der Waals surface area contributed by atoms with Crippen molar-refractivity contribution in [3.8, 4) is 0 Å². The van der Waals surface area contributed by atoms with Gasteiger partial charge in [0.05, 0.1) is 31.1 Å². The Morgan fingerprint density at radius 2 is 1.96 bits per heavy atom. The summed E-state index contributed by atoms with van der Waals surface area (Å²) in [6, 6.07) is 0. The van der Waals surface area contributed by atoms with Crippen molar-refractivity contribution in [1.82, 2.24) is 14.7 Å². The second-order valence-corrected chi connectivity index (χ2v) is 6.02. The van der Waals surface area contributed by atoms with Crippen LogP contribution in [0.3, 0.4) is 0 Å². The van der Waals surface area contributed by atoms with E-state index in [-0.39, 0.29) is 18.2 Å². The first-order chi connectivity index (χ1) is 11.0. The smallest absolute Gasteiger partial charge is 0.343 e. The second-order valence-electron chi connectivity index (χ2n) is 6.02. The Morgan fingerprint density at radius 3 is 2.52 bits per heavy atom. The molecule has 2 heterocycles. The number of carbonyl (C=O) groups excluding carboxylic acids is 1. The lowest BCUT2D eigenvalue weighted by molar-refractivity contribution is -0.0687. The third-order valence-electron chi connectivity index (χ3n) is 4.00. The van der Waals surface area contributed by atoms with Gasteiger partial charge in [-0.2, -0.15) is 5.10 Å². The highest BCUT2D eigenvalue weighted by Gasteiger charge is 2.24. The van der Waals surface area contributed by atoms with Crippen molar-refractivity contribution in [2.24, 2.45) is 0 Å². The lowest BCUT2D eigenvalue weighted by atomic mass is 10.2. The molecule has 23 heavy (non-hydrogen) atoms. The average molecular weight is 324 g/mol. The third-order valence-corrected chi connectivity index (χ3v) is 4.00. The molecular weight excluding hydrogens is 296 g/mol. The van der Waals surface area contributed by atoms with Crippen LogP contribution in [0.1, 0.15) is 43.7 Å². The van der Waals surface area contributed by atoms with Gasteiger partial charge >= 0.3 is 5.97 Å². The van der Waals surface area contributed by atoms with Crippen LogP contribution in [0.2, 0.25) is 0 Å². The van der Waals surface area contributed by atoms with Crippen LogP contribution in [-0.4, -0.2) is 59.1 Å². The summed E-state index contributed by atoms with van der Waals surface area (Å²) in [7, 11) is 0. The molecule has 0 aliphatic carbocycles. The molecule has 0 aromatic carbocycles. The van der Waals surface area contributed by atoms with Gasteiger partial charge < -0.3 is 15.2 Å². The minimum absolute atomic E-state index is 0.231. The van der Waals surface area contributed by atoms with E-state index >= 15 is 0 Å². The number of aromatic nitrogens is 2. The summed E-state index contributed by atoms with van der Waals surface area (Å²) in [6.45, 7) is 11.5. The topological polar surface area (TPSA) is 82.6 Å². The van der Waals surface area contributed by atoms with Gasteiger partial charge in [-0.25, -0.2) is 9.48 Å². The number of nitrogen functional groups attached to an aromatic ring is 1. The Balaban J connectivity index is 2.07. The van der Waals surface area contributed by atoms with Crippen molar-refractivity contribution in [2.75, 3.05) is 32.0 Å². The summed E-state index contributed by atoms with van der Waals surface area (Å²) in [4.78, 5) is 14.4. The number of hydrogen-bond donors (Lipinski definition) is 1. The van der Waals surface area contributed by atoms with E-state index in [2.05, 4.69) is 23.8 Å². The molecule has 2 N–H and O–H groups in total. The van der Waals surface area contributed by atoms with Gasteiger partial charge in [-0.05, 0) is 27.2 Å². The first-order valence-electron chi connectivity index (χ1n) is 8.36. The quantitative estimate of drug-likeness (QED) is 0.795. The summed E-state index contributed by atoms with van der Waals surface area (Å²) in [5, 5.41) is 4.49. The van der Waals surface area contributed by atoms with Crippen molar-refractivity contribution in [3.05, 3.63) is 11.3 Å². The van der Waals surface area contributed by atoms with E-state index in [0.29, 0.717) is 36.6 Å². The fourth-order valence-corrected chi connectivity index (χ4v) is 3.07.